The number of hydrogen-bond acceptors (Lipinski definition) is 8. The number of fused-ring (bicyclic) bond motifs is 1. The Balaban J connectivity index is 1.63. The standard InChI is InChI=1S/C19H23F3N8O/c1-13-11-29(7-6-23-13)18-26-14-10-25-30(8-9-31-12-19(20,21)22)16(14)17(28-18)27-15-4-2-3-5-24-15/h2-5,10,13,23H,6-9,11-12H2,1H3,(H,24,26,27,28)/t13-/m1/s1. The minimum absolute atomic E-state index is 0.129. The highest BCUT2D eigenvalue weighted by atomic mass is 19.4. The van der Waals surface area contributed by atoms with Gasteiger partial charge < -0.3 is 20.3 Å². The van der Waals surface area contributed by atoms with Crippen LogP contribution in [0.1, 0.15) is 6.92 Å². The first-order chi connectivity index (χ1) is 14.9. The predicted molar refractivity (Wildman–Crippen MR) is 109 cm³/mol. The number of pyridine rings is 1. The van der Waals surface area contributed by atoms with Crippen molar-refractivity contribution in [1.82, 2.24) is 30.0 Å². The van der Waals surface area contributed by atoms with E-state index in [0.29, 0.717) is 34.7 Å². The third-order valence-electron chi connectivity index (χ3n) is 4.75. The lowest BCUT2D eigenvalue weighted by molar-refractivity contribution is -0.174. The van der Waals surface area contributed by atoms with Gasteiger partial charge in [-0.05, 0) is 19.1 Å². The molecule has 1 aliphatic heterocycles. The molecule has 1 atom stereocenters. The lowest BCUT2D eigenvalue weighted by Crippen LogP contribution is -2.49. The van der Waals surface area contributed by atoms with Gasteiger partial charge >= 0.3 is 6.18 Å². The van der Waals surface area contributed by atoms with Crippen LogP contribution >= 0.6 is 0 Å². The minimum atomic E-state index is -4.36. The van der Waals surface area contributed by atoms with Gasteiger partial charge in [-0.3, -0.25) is 4.68 Å². The number of piperazine rings is 1. The van der Waals surface area contributed by atoms with Gasteiger partial charge in [-0.2, -0.15) is 23.3 Å². The number of nitrogens with zero attached hydrogens (tertiary/aromatic N) is 6. The summed E-state index contributed by atoms with van der Waals surface area (Å²) in [5.41, 5.74) is 1.17. The van der Waals surface area contributed by atoms with Crippen LogP contribution in [0.4, 0.5) is 30.8 Å². The third-order valence-corrected chi connectivity index (χ3v) is 4.75. The molecule has 2 N–H and O–H groups in total. The van der Waals surface area contributed by atoms with Crippen LogP contribution in [0.3, 0.4) is 0 Å². The van der Waals surface area contributed by atoms with E-state index in [4.69, 9.17) is 9.72 Å². The van der Waals surface area contributed by atoms with Crippen LogP contribution in [-0.4, -0.2) is 69.8 Å². The van der Waals surface area contributed by atoms with Crippen molar-refractivity contribution < 1.29 is 17.9 Å². The van der Waals surface area contributed by atoms with E-state index < -0.39 is 12.8 Å². The summed E-state index contributed by atoms with van der Waals surface area (Å²) in [6.45, 7) is 3.12. The summed E-state index contributed by atoms with van der Waals surface area (Å²) in [5.74, 6) is 1.63. The van der Waals surface area contributed by atoms with Gasteiger partial charge in [0.05, 0.1) is 19.3 Å². The normalized spacial score (nSPS) is 17.3. The molecule has 4 rings (SSSR count). The van der Waals surface area contributed by atoms with E-state index in [1.165, 1.54) is 0 Å². The van der Waals surface area contributed by atoms with Crippen molar-refractivity contribution in [2.45, 2.75) is 25.7 Å². The zero-order valence-electron chi connectivity index (χ0n) is 16.9. The van der Waals surface area contributed by atoms with Crippen LogP contribution in [0, 0.1) is 0 Å². The highest BCUT2D eigenvalue weighted by Crippen LogP contribution is 2.26. The van der Waals surface area contributed by atoms with E-state index >= 15 is 0 Å². The maximum absolute atomic E-state index is 12.3. The Bertz CT molecular complexity index is 1010. The summed E-state index contributed by atoms with van der Waals surface area (Å²) in [6, 6.07) is 5.74. The first-order valence-electron chi connectivity index (χ1n) is 9.93. The topological polar surface area (TPSA) is 93.0 Å². The Morgan fingerprint density at radius 3 is 2.90 bits per heavy atom. The van der Waals surface area contributed by atoms with Gasteiger partial charge in [0, 0.05) is 31.9 Å². The second kappa shape index (κ2) is 9.02. The van der Waals surface area contributed by atoms with Crippen LogP contribution in [0.5, 0.6) is 0 Å². The molecular weight excluding hydrogens is 413 g/mol. The zero-order valence-corrected chi connectivity index (χ0v) is 16.9. The zero-order chi connectivity index (χ0) is 21.8. The Labute approximate surface area is 176 Å². The predicted octanol–water partition coefficient (Wildman–Crippen LogP) is 2.34. The largest absolute Gasteiger partial charge is 0.411 e. The monoisotopic (exact) mass is 436 g/mol. The fourth-order valence-corrected chi connectivity index (χ4v) is 3.40. The molecule has 1 fully saturated rings. The van der Waals surface area contributed by atoms with E-state index in [1.54, 1.807) is 29.2 Å². The molecular formula is C19H23F3N8O. The van der Waals surface area contributed by atoms with Gasteiger partial charge in [-0.25, -0.2) is 9.97 Å². The van der Waals surface area contributed by atoms with E-state index in [2.05, 4.69) is 37.5 Å². The molecule has 1 aliphatic rings. The van der Waals surface area contributed by atoms with Crippen molar-refractivity contribution in [3.05, 3.63) is 30.6 Å². The van der Waals surface area contributed by atoms with Gasteiger partial charge in [-0.1, -0.05) is 6.07 Å². The van der Waals surface area contributed by atoms with E-state index in [0.717, 1.165) is 19.6 Å². The highest BCUT2D eigenvalue weighted by Gasteiger charge is 2.27. The Kier molecular flexibility index (Phi) is 6.18. The van der Waals surface area contributed by atoms with Gasteiger partial charge in [0.2, 0.25) is 5.95 Å². The van der Waals surface area contributed by atoms with E-state index in [1.807, 2.05) is 6.07 Å². The molecule has 3 aromatic rings. The average Bonchev–Trinajstić information content (AvgIpc) is 3.15. The van der Waals surface area contributed by atoms with Crippen LogP contribution in [-0.2, 0) is 11.3 Å². The van der Waals surface area contributed by atoms with Crippen molar-refractivity contribution in [1.29, 1.82) is 0 Å². The number of anilines is 3. The smallest absolute Gasteiger partial charge is 0.370 e. The van der Waals surface area contributed by atoms with Gasteiger partial charge in [0.1, 0.15) is 23.5 Å². The molecule has 0 amide bonds. The number of nitrogens with one attached hydrogen (secondary N) is 2. The molecule has 12 heteroatoms. The van der Waals surface area contributed by atoms with Crippen molar-refractivity contribution in [2.24, 2.45) is 0 Å². The van der Waals surface area contributed by atoms with E-state index in [-0.39, 0.29) is 13.2 Å². The summed E-state index contributed by atoms with van der Waals surface area (Å²) in [5, 5.41) is 10.9. The molecule has 166 valence electrons. The Morgan fingerprint density at radius 1 is 1.29 bits per heavy atom. The molecule has 0 bridgehead atoms. The van der Waals surface area contributed by atoms with Crippen molar-refractivity contribution in [3.63, 3.8) is 0 Å². The Hall–Kier alpha value is -2.99. The van der Waals surface area contributed by atoms with Crippen molar-refractivity contribution in [2.75, 3.05) is 43.1 Å². The summed E-state index contributed by atoms with van der Waals surface area (Å²) in [4.78, 5) is 15.7. The molecule has 3 aromatic heterocycles. The van der Waals surface area contributed by atoms with Crippen LogP contribution in [0.15, 0.2) is 30.6 Å². The number of halogens is 3. The molecule has 9 nitrogen and oxygen atoms in total. The first-order valence-corrected chi connectivity index (χ1v) is 9.93. The second-order valence-corrected chi connectivity index (χ2v) is 7.28. The van der Waals surface area contributed by atoms with Crippen LogP contribution in [0.25, 0.3) is 11.0 Å². The lowest BCUT2D eigenvalue weighted by atomic mass is 10.2. The molecule has 0 saturated carbocycles. The first kappa shape index (κ1) is 21.2. The summed E-state index contributed by atoms with van der Waals surface area (Å²) < 4.78 is 43.3. The maximum atomic E-state index is 12.3. The SMILES string of the molecule is C[C@@H]1CN(c2nc(Nc3ccccn3)c3c(cnn3CCOCC(F)(F)F)n2)CCN1. The number of aromatic nitrogens is 5. The van der Waals surface area contributed by atoms with Crippen LogP contribution in [0.2, 0.25) is 0 Å². The van der Waals surface area contributed by atoms with Gasteiger partial charge in [0.25, 0.3) is 0 Å². The second-order valence-electron chi connectivity index (χ2n) is 7.28. The highest BCUT2D eigenvalue weighted by molar-refractivity contribution is 5.88. The molecule has 4 heterocycles. The van der Waals surface area contributed by atoms with Crippen molar-refractivity contribution >= 4 is 28.6 Å². The van der Waals surface area contributed by atoms with Crippen LogP contribution < -0.4 is 15.5 Å². The minimum Gasteiger partial charge on any atom is -0.370 e. The maximum Gasteiger partial charge on any atom is 0.411 e. The summed E-state index contributed by atoms with van der Waals surface area (Å²) in [6.07, 6.45) is -1.13. The fraction of sp³-hybridized carbons (Fsp3) is 0.474. The van der Waals surface area contributed by atoms with Crippen molar-refractivity contribution in [3.8, 4) is 0 Å². The molecule has 0 unspecified atom stereocenters. The summed E-state index contributed by atoms with van der Waals surface area (Å²) >= 11 is 0. The summed E-state index contributed by atoms with van der Waals surface area (Å²) in [7, 11) is 0. The quantitative estimate of drug-likeness (QED) is 0.546. The molecule has 0 aromatic carbocycles. The molecule has 1 saturated heterocycles. The third kappa shape index (κ3) is 5.39. The molecule has 0 spiro atoms. The Morgan fingerprint density at radius 2 is 2.16 bits per heavy atom. The van der Waals surface area contributed by atoms with E-state index in [9.17, 15) is 13.2 Å². The number of hydrogen-bond donors (Lipinski definition) is 2. The van der Waals surface area contributed by atoms with Gasteiger partial charge in [-0.15, -0.1) is 0 Å². The fourth-order valence-electron chi connectivity index (χ4n) is 3.40. The number of alkyl halides is 3. The lowest BCUT2D eigenvalue weighted by Gasteiger charge is -2.32. The average molecular weight is 436 g/mol. The number of rotatable bonds is 7. The molecule has 31 heavy (non-hydrogen) atoms. The molecule has 0 aliphatic carbocycles. The van der Waals surface area contributed by atoms with Gasteiger partial charge in [0.15, 0.2) is 5.82 Å². The number of ether oxygens (including phenoxy) is 1. The molecule has 0 radical (unpaired) electrons.